The molecular weight excluding hydrogens is 254 g/mol. The van der Waals surface area contributed by atoms with Gasteiger partial charge in [0.25, 0.3) is 0 Å². The molecule has 1 heterocycles. The second-order valence-corrected chi connectivity index (χ2v) is 4.50. The molecule has 6 heteroatoms. The first-order chi connectivity index (χ1) is 8.54. The number of hydrogen-bond acceptors (Lipinski definition) is 3. The van der Waals surface area contributed by atoms with Gasteiger partial charge in [0, 0.05) is 18.8 Å². The zero-order valence-corrected chi connectivity index (χ0v) is 11.3. The summed E-state index contributed by atoms with van der Waals surface area (Å²) in [6.07, 6.45) is 2.98. The number of aromatic nitrogens is 1. The standard InChI is InChI=1S/C12H18ClN3O2/c1-8(4-3-7-17)15-12(18)16-10-5-6-14-9(2)11(10)13/h5-6,8,17H,3-4,7H2,1-2H3,(H2,14,15,16,18)/t8-/m1/s1. The highest BCUT2D eigenvalue weighted by Crippen LogP contribution is 2.23. The Bertz CT molecular complexity index is 412. The Balaban J connectivity index is 2.52. The van der Waals surface area contributed by atoms with E-state index in [1.165, 1.54) is 0 Å². The van der Waals surface area contributed by atoms with Crippen LogP contribution in [-0.4, -0.2) is 28.8 Å². The van der Waals surface area contributed by atoms with Crippen molar-refractivity contribution in [3.63, 3.8) is 0 Å². The highest BCUT2D eigenvalue weighted by atomic mass is 35.5. The van der Waals surface area contributed by atoms with Crippen LogP contribution in [0, 0.1) is 6.92 Å². The Morgan fingerprint density at radius 1 is 1.61 bits per heavy atom. The number of nitrogens with one attached hydrogen (secondary N) is 2. The predicted molar refractivity (Wildman–Crippen MR) is 71.9 cm³/mol. The summed E-state index contributed by atoms with van der Waals surface area (Å²) in [6.45, 7) is 3.78. The molecule has 0 saturated heterocycles. The number of amides is 2. The molecule has 0 radical (unpaired) electrons. The molecule has 0 fully saturated rings. The van der Waals surface area contributed by atoms with Crippen LogP contribution >= 0.6 is 11.6 Å². The highest BCUT2D eigenvalue weighted by Gasteiger charge is 2.10. The van der Waals surface area contributed by atoms with E-state index in [-0.39, 0.29) is 18.7 Å². The number of urea groups is 1. The lowest BCUT2D eigenvalue weighted by Gasteiger charge is -2.14. The maximum Gasteiger partial charge on any atom is 0.319 e. The Labute approximate surface area is 112 Å². The van der Waals surface area contributed by atoms with Gasteiger partial charge in [-0.3, -0.25) is 4.98 Å². The normalized spacial score (nSPS) is 12.0. The van der Waals surface area contributed by atoms with Crippen molar-refractivity contribution in [2.24, 2.45) is 0 Å². The first kappa shape index (κ1) is 14.7. The van der Waals surface area contributed by atoms with Crippen LogP contribution in [0.2, 0.25) is 5.02 Å². The van der Waals surface area contributed by atoms with Crippen molar-refractivity contribution < 1.29 is 9.90 Å². The van der Waals surface area contributed by atoms with E-state index < -0.39 is 0 Å². The molecule has 18 heavy (non-hydrogen) atoms. The van der Waals surface area contributed by atoms with Crippen molar-refractivity contribution >= 4 is 23.3 Å². The number of nitrogens with zero attached hydrogens (tertiary/aromatic N) is 1. The molecule has 0 aromatic carbocycles. The summed E-state index contributed by atoms with van der Waals surface area (Å²) < 4.78 is 0. The first-order valence-electron chi connectivity index (χ1n) is 5.84. The maximum atomic E-state index is 11.7. The second kappa shape index (κ2) is 7.18. The van der Waals surface area contributed by atoms with Crippen LogP contribution in [0.5, 0.6) is 0 Å². The average Bonchev–Trinajstić information content (AvgIpc) is 2.32. The number of hydrogen-bond donors (Lipinski definition) is 3. The number of rotatable bonds is 5. The van der Waals surface area contributed by atoms with Crippen LogP contribution in [-0.2, 0) is 0 Å². The van der Waals surface area contributed by atoms with Crippen molar-refractivity contribution in [3.8, 4) is 0 Å². The van der Waals surface area contributed by atoms with E-state index in [1.807, 2.05) is 6.92 Å². The Morgan fingerprint density at radius 2 is 2.33 bits per heavy atom. The number of halogens is 1. The molecule has 0 aliphatic heterocycles. The van der Waals surface area contributed by atoms with Gasteiger partial charge in [0.15, 0.2) is 0 Å². The third-order valence-corrected chi connectivity index (χ3v) is 2.96. The number of pyridine rings is 1. The van der Waals surface area contributed by atoms with Crippen molar-refractivity contribution in [2.75, 3.05) is 11.9 Å². The zero-order valence-electron chi connectivity index (χ0n) is 10.5. The number of anilines is 1. The molecule has 0 aliphatic carbocycles. The SMILES string of the molecule is Cc1nccc(NC(=O)N[C@H](C)CCCO)c1Cl. The molecule has 0 bridgehead atoms. The Hall–Kier alpha value is -1.33. The van der Waals surface area contributed by atoms with Gasteiger partial charge in [-0.15, -0.1) is 0 Å². The third kappa shape index (κ3) is 4.50. The molecule has 2 amide bonds. The lowest BCUT2D eigenvalue weighted by atomic mass is 10.2. The van der Waals surface area contributed by atoms with Crippen LogP contribution in [0.3, 0.4) is 0 Å². The van der Waals surface area contributed by atoms with Gasteiger partial charge in [0.2, 0.25) is 0 Å². The van der Waals surface area contributed by atoms with E-state index in [1.54, 1.807) is 19.2 Å². The predicted octanol–water partition coefficient (Wildman–Crippen LogP) is 2.33. The second-order valence-electron chi connectivity index (χ2n) is 4.12. The summed E-state index contributed by atoms with van der Waals surface area (Å²) in [6, 6.07) is 1.33. The van der Waals surface area contributed by atoms with Crippen LogP contribution in [0.4, 0.5) is 10.5 Å². The summed E-state index contributed by atoms with van der Waals surface area (Å²) >= 11 is 6.02. The summed E-state index contributed by atoms with van der Waals surface area (Å²) in [5, 5.41) is 14.6. The molecule has 0 unspecified atom stereocenters. The molecule has 1 aromatic rings. The number of aliphatic hydroxyl groups is 1. The van der Waals surface area contributed by atoms with Gasteiger partial charge in [-0.2, -0.15) is 0 Å². The molecular formula is C12H18ClN3O2. The van der Waals surface area contributed by atoms with Crippen LogP contribution in [0.15, 0.2) is 12.3 Å². The quantitative estimate of drug-likeness (QED) is 0.769. The van der Waals surface area contributed by atoms with Crippen LogP contribution in [0.25, 0.3) is 0 Å². The number of carbonyl (C=O) groups is 1. The molecule has 5 nitrogen and oxygen atoms in total. The van der Waals surface area contributed by atoms with Crippen molar-refractivity contribution in [3.05, 3.63) is 23.0 Å². The summed E-state index contributed by atoms with van der Waals surface area (Å²) in [5.41, 5.74) is 1.21. The van der Waals surface area contributed by atoms with Gasteiger partial charge in [0.1, 0.15) is 0 Å². The lowest BCUT2D eigenvalue weighted by molar-refractivity contribution is 0.245. The maximum absolute atomic E-state index is 11.7. The van der Waals surface area contributed by atoms with E-state index >= 15 is 0 Å². The minimum atomic E-state index is -0.312. The van der Waals surface area contributed by atoms with Gasteiger partial charge in [0.05, 0.1) is 16.4 Å². The van der Waals surface area contributed by atoms with E-state index in [2.05, 4.69) is 15.6 Å². The van der Waals surface area contributed by atoms with Gasteiger partial charge in [-0.05, 0) is 32.8 Å². The van der Waals surface area contributed by atoms with Gasteiger partial charge >= 0.3 is 6.03 Å². The van der Waals surface area contributed by atoms with Crippen molar-refractivity contribution in [1.82, 2.24) is 10.3 Å². The number of aliphatic hydroxyl groups excluding tert-OH is 1. The fourth-order valence-corrected chi connectivity index (χ4v) is 1.66. The molecule has 1 rings (SSSR count). The largest absolute Gasteiger partial charge is 0.396 e. The molecule has 1 aromatic heterocycles. The zero-order chi connectivity index (χ0) is 13.5. The fraction of sp³-hybridized carbons (Fsp3) is 0.500. The minimum Gasteiger partial charge on any atom is -0.396 e. The van der Waals surface area contributed by atoms with E-state index in [9.17, 15) is 4.79 Å². The topological polar surface area (TPSA) is 74.2 Å². The van der Waals surface area contributed by atoms with E-state index in [0.717, 1.165) is 6.42 Å². The molecule has 0 spiro atoms. The smallest absolute Gasteiger partial charge is 0.319 e. The number of aryl methyl sites for hydroxylation is 1. The van der Waals surface area contributed by atoms with Crippen LogP contribution in [0.1, 0.15) is 25.5 Å². The molecule has 0 aliphatic rings. The Kier molecular flexibility index (Phi) is 5.88. The van der Waals surface area contributed by atoms with Crippen molar-refractivity contribution in [1.29, 1.82) is 0 Å². The summed E-state index contributed by atoms with van der Waals surface area (Å²) in [5.74, 6) is 0. The van der Waals surface area contributed by atoms with Gasteiger partial charge < -0.3 is 15.7 Å². The summed E-state index contributed by atoms with van der Waals surface area (Å²) in [7, 11) is 0. The molecule has 1 atom stereocenters. The minimum absolute atomic E-state index is 0.00106. The highest BCUT2D eigenvalue weighted by molar-refractivity contribution is 6.34. The summed E-state index contributed by atoms with van der Waals surface area (Å²) in [4.78, 5) is 15.7. The van der Waals surface area contributed by atoms with Crippen LogP contribution < -0.4 is 10.6 Å². The average molecular weight is 272 g/mol. The third-order valence-electron chi connectivity index (χ3n) is 2.48. The van der Waals surface area contributed by atoms with Gasteiger partial charge in [-0.25, -0.2) is 4.79 Å². The monoisotopic (exact) mass is 271 g/mol. The van der Waals surface area contributed by atoms with E-state index in [4.69, 9.17) is 16.7 Å². The lowest BCUT2D eigenvalue weighted by Crippen LogP contribution is -2.36. The fourth-order valence-electron chi connectivity index (χ4n) is 1.50. The molecule has 0 saturated carbocycles. The first-order valence-corrected chi connectivity index (χ1v) is 6.22. The molecule has 3 N–H and O–H groups in total. The van der Waals surface area contributed by atoms with E-state index in [0.29, 0.717) is 22.8 Å². The Morgan fingerprint density at radius 3 is 3.00 bits per heavy atom. The number of carbonyl (C=O) groups excluding carboxylic acids is 1. The van der Waals surface area contributed by atoms with Crippen molar-refractivity contribution in [2.45, 2.75) is 32.7 Å². The molecule has 100 valence electrons. The van der Waals surface area contributed by atoms with Gasteiger partial charge in [-0.1, -0.05) is 11.6 Å².